The Kier molecular flexibility index (Phi) is 3.24. The van der Waals surface area contributed by atoms with Crippen LogP contribution in [0.4, 0.5) is 0 Å². The lowest BCUT2D eigenvalue weighted by Crippen LogP contribution is -2.02. The molecule has 1 aromatic heterocycles. The lowest BCUT2D eigenvalue weighted by Gasteiger charge is -2.04. The Morgan fingerprint density at radius 2 is 2.12 bits per heavy atom. The zero-order chi connectivity index (χ0) is 12.4. The first-order valence-electron chi connectivity index (χ1n) is 5.84. The van der Waals surface area contributed by atoms with E-state index in [1.165, 1.54) is 0 Å². The third-order valence-corrected chi connectivity index (χ3v) is 2.69. The van der Waals surface area contributed by atoms with Gasteiger partial charge in [0.15, 0.2) is 5.82 Å². The third kappa shape index (κ3) is 2.36. The van der Waals surface area contributed by atoms with Crippen LogP contribution in [0.25, 0.3) is 5.69 Å². The van der Waals surface area contributed by atoms with Gasteiger partial charge in [0.05, 0.1) is 5.69 Å². The minimum Gasteiger partial charge on any atom is -0.326 e. The zero-order valence-corrected chi connectivity index (χ0v) is 10.5. The standard InChI is InChI=1S/C13H18N4/c1-9(2)13-15-10(3)17(16-13)12-6-4-5-11(7-12)8-14/h4-7,9H,8,14H2,1-3H3. The van der Waals surface area contributed by atoms with Crippen molar-refractivity contribution < 1.29 is 0 Å². The second-order valence-electron chi connectivity index (χ2n) is 4.46. The van der Waals surface area contributed by atoms with Gasteiger partial charge in [0.1, 0.15) is 5.82 Å². The molecule has 0 aliphatic carbocycles. The lowest BCUT2D eigenvalue weighted by atomic mass is 10.2. The molecule has 0 saturated carbocycles. The van der Waals surface area contributed by atoms with Crippen molar-refractivity contribution in [1.82, 2.24) is 14.8 Å². The summed E-state index contributed by atoms with van der Waals surface area (Å²) in [6, 6.07) is 8.07. The molecule has 2 rings (SSSR count). The van der Waals surface area contributed by atoms with Crippen LogP contribution in [0.1, 0.15) is 37.0 Å². The van der Waals surface area contributed by atoms with Gasteiger partial charge in [-0.15, -0.1) is 0 Å². The van der Waals surface area contributed by atoms with E-state index in [-0.39, 0.29) is 0 Å². The van der Waals surface area contributed by atoms with Gasteiger partial charge in [-0.1, -0.05) is 26.0 Å². The highest BCUT2D eigenvalue weighted by Gasteiger charge is 2.10. The van der Waals surface area contributed by atoms with E-state index in [1.807, 2.05) is 35.9 Å². The fourth-order valence-corrected chi connectivity index (χ4v) is 1.71. The molecule has 0 atom stereocenters. The maximum Gasteiger partial charge on any atom is 0.153 e. The maximum absolute atomic E-state index is 5.64. The van der Waals surface area contributed by atoms with E-state index in [4.69, 9.17) is 5.73 Å². The summed E-state index contributed by atoms with van der Waals surface area (Å²) in [7, 11) is 0. The maximum atomic E-state index is 5.64. The first kappa shape index (κ1) is 11.8. The van der Waals surface area contributed by atoms with Crippen LogP contribution < -0.4 is 5.73 Å². The number of hydrogen-bond acceptors (Lipinski definition) is 3. The molecule has 1 heterocycles. The second-order valence-corrected chi connectivity index (χ2v) is 4.46. The number of benzene rings is 1. The second kappa shape index (κ2) is 4.67. The smallest absolute Gasteiger partial charge is 0.153 e. The molecule has 0 bridgehead atoms. The molecule has 1 aromatic carbocycles. The van der Waals surface area contributed by atoms with Crippen molar-refractivity contribution in [3.05, 3.63) is 41.5 Å². The normalized spacial score (nSPS) is 11.1. The Morgan fingerprint density at radius 3 is 2.71 bits per heavy atom. The van der Waals surface area contributed by atoms with Crippen molar-refractivity contribution in [3.63, 3.8) is 0 Å². The van der Waals surface area contributed by atoms with Gasteiger partial charge in [-0.05, 0) is 24.6 Å². The van der Waals surface area contributed by atoms with Crippen LogP contribution in [0.3, 0.4) is 0 Å². The van der Waals surface area contributed by atoms with Gasteiger partial charge < -0.3 is 5.73 Å². The molecule has 4 nitrogen and oxygen atoms in total. The largest absolute Gasteiger partial charge is 0.326 e. The zero-order valence-electron chi connectivity index (χ0n) is 10.5. The van der Waals surface area contributed by atoms with Gasteiger partial charge >= 0.3 is 0 Å². The monoisotopic (exact) mass is 230 g/mol. The van der Waals surface area contributed by atoms with E-state index in [0.29, 0.717) is 12.5 Å². The minimum absolute atomic E-state index is 0.340. The molecule has 0 spiro atoms. The van der Waals surface area contributed by atoms with Gasteiger partial charge in [-0.3, -0.25) is 0 Å². The molecule has 90 valence electrons. The number of rotatable bonds is 3. The minimum atomic E-state index is 0.340. The van der Waals surface area contributed by atoms with E-state index in [1.54, 1.807) is 0 Å². The number of aryl methyl sites for hydroxylation is 1. The van der Waals surface area contributed by atoms with Gasteiger partial charge in [0.25, 0.3) is 0 Å². The first-order valence-corrected chi connectivity index (χ1v) is 5.84. The Morgan fingerprint density at radius 1 is 1.35 bits per heavy atom. The van der Waals surface area contributed by atoms with E-state index in [0.717, 1.165) is 22.9 Å². The number of hydrogen-bond donors (Lipinski definition) is 1. The predicted octanol–water partition coefficient (Wildman–Crippen LogP) is 2.16. The Labute approximate surface area is 101 Å². The van der Waals surface area contributed by atoms with E-state index in [9.17, 15) is 0 Å². The molecule has 2 aromatic rings. The van der Waals surface area contributed by atoms with Crippen LogP contribution in [0.15, 0.2) is 24.3 Å². The Balaban J connectivity index is 2.45. The molecule has 0 unspecified atom stereocenters. The summed E-state index contributed by atoms with van der Waals surface area (Å²) in [6.07, 6.45) is 0. The molecule has 17 heavy (non-hydrogen) atoms. The van der Waals surface area contributed by atoms with Gasteiger partial charge in [-0.25, -0.2) is 9.67 Å². The van der Waals surface area contributed by atoms with Crippen LogP contribution in [0.5, 0.6) is 0 Å². The number of nitrogens with two attached hydrogens (primary N) is 1. The Bertz CT molecular complexity index is 514. The van der Waals surface area contributed by atoms with E-state index >= 15 is 0 Å². The van der Waals surface area contributed by atoms with Crippen LogP contribution in [-0.2, 0) is 6.54 Å². The fraction of sp³-hybridized carbons (Fsp3) is 0.385. The molecule has 4 heteroatoms. The first-order chi connectivity index (χ1) is 8.11. The highest BCUT2D eigenvalue weighted by Crippen LogP contribution is 2.15. The van der Waals surface area contributed by atoms with Gasteiger partial charge in [0.2, 0.25) is 0 Å². The van der Waals surface area contributed by atoms with E-state index < -0.39 is 0 Å². The molecular weight excluding hydrogens is 212 g/mol. The van der Waals surface area contributed by atoms with Crippen molar-refractivity contribution in [2.75, 3.05) is 0 Å². The summed E-state index contributed by atoms with van der Waals surface area (Å²) < 4.78 is 1.87. The molecule has 0 saturated heterocycles. The quantitative estimate of drug-likeness (QED) is 0.879. The number of nitrogens with zero attached hydrogens (tertiary/aromatic N) is 3. The highest BCUT2D eigenvalue weighted by atomic mass is 15.3. The lowest BCUT2D eigenvalue weighted by molar-refractivity contribution is 0.751. The third-order valence-electron chi connectivity index (χ3n) is 2.69. The SMILES string of the molecule is Cc1nc(C(C)C)nn1-c1cccc(CN)c1. The van der Waals surface area contributed by atoms with Crippen molar-refractivity contribution in [1.29, 1.82) is 0 Å². The summed E-state index contributed by atoms with van der Waals surface area (Å²) in [4.78, 5) is 4.46. The number of aromatic nitrogens is 3. The van der Waals surface area contributed by atoms with Gasteiger partial charge in [-0.2, -0.15) is 5.10 Å². The van der Waals surface area contributed by atoms with Crippen molar-refractivity contribution in [2.24, 2.45) is 5.73 Å². The molecule has 0 aliphatic rings. The van der Waals surface area contributed by atoms with Crippen LogP contribution >= 0.6 is 0 Å². The summed E-state index contributed by atoms with van der Waals surface area (Å²) in [5.74, 6) is 2.12. The highest BCUT2D eigenvalue weighted by molar-refractivity contribution is 5.35. The molecule has 0 aliphatic heterocycles. The molecule has 0 amide bonds. The Hall–Kier alpha value is -1.68. The summed E-state index contributed by atoms with van der Waals surface area (Å²) in [6.45, 7) is 6.69. The molecule has 0 fully saturated rings. The topological polar surface area (TPSA) is 56.7 Å². The van der Waals surface area contributed by atoms with Crippen LogP contribution in [0.2, 0.25) is 0 Å². The van der Waals surface area contributed by atoms with Crippen molar-refractivity contribution >= 4 is 0 Å². The molecule has 2 N–H and O–H groups in total. The van der Waals surface area contributed by atoms with Gasteiger partial charge in [0, 0.05) is 12.5 Å². The summed E-state index contributed by atoms with van der Waals surface area (Å²) in [5.41, 5.74) is 7.76. The van der Waals surface area contributed by atoms with Crippen molar-refractivity contribution in [3.8, 4) is 5.69 Å². The van der Waals surface area contributed by atoms with Crippen molar-refractivity contribution in [2.45, 2.75) is 33.2 Å². The summed E-state index contributed by atoms with van der Waals surface area (Å²) >= 11 is 0. The molecule has 0 radical (unpaired) electrons. The fourth-order valence-electron chi connectivity index (χ4n) is 1.71. The molecular formula is C13H18N4. The average Bonchev–Trinajstić information content (AvgIpc) is 2.72. The summed E-state index contributed by atoms with van der Waals surface area (Å²) in [5, 5.41) is 4.52. The average molecular weight is 230 g/mol. The van der Waals surface area contributed by atoms with E-state index in [2.05, 4.69) is 23.9 Å². The van der Waals surface area contributed by atoms with Crippen LogP contribution in [-0.4, -0.2) is 14.8 Å². The predicted molar refractivity (Wildman–Crippen MR) is 68.1 cm³/mol. The van der Waals surface area contributed by atoms with Crippen LogP contribution in [0, 0.1) is 6.92 Å².